The molecule has 2 aliphatic rings. The summed E-state index contributed by atoms with van der Waals surface area (Å²) in [5, 5.41) is 8.14. The highest BCUT2D eigenvalue weighted by molar-refractivity contribution is 5.32. The van der Waals surface area contributed by atoms with Gasteiger partial charge in [-0.25, -0.2) is 0 Å². The fourth-order valence-electron chi connectivity index (χ4n) is 3.33. The van der Waals surface area contributed by atoms with Crippen LogP contribution in [0.2, 0.25) is 0 Å². The maximum absolute atomic E-state index is 4.69. The first kappa shape index (κ1) is 16.3. The van der Waals surface area contributed by atoms with Gasteiger partial charge in [-0.05, 0) is 38.8 Å². The molecule has 1 aliphatic heterocycles. The van der Waals surface area contributed by atoms with Gasteiger partial charge in [0.25, 0.3) is 0 Å². The molecule has 0 unspecified atom stereocenters. The highest BCUT2D eigenvalue weighted by Gasteiger charge is 2.16. The number of aromatic nitrogens is 2. The van der Waals surface area contributed by atoms with Crippen LogP contribution in [0.25, 0.3) is 0 Å². The first-order chi connectivity index (χ1) is 10.4. The van der Waals surface area contributed by atoms with E-state index in [1.165, 1.54) is 58.0 Å². The van der Waals surface area contributed by atoms with E-state index in [1.807, 2.05) is 13.8 Å². The van der Waals surface area contributed by atoms with E-state index in [-0.39, 0.29) is 0 Å². The van der Waals surface area contributed by atoms with Crippen molar-refractivity contribution in [3.8, 4) is 0 Å². The predicted molar refractivity (Wildman–Crippen MR) is 89.9 cm³/mol. The topological polar surface area (TPSA) is 33.1 Å². The van der Waals surface area contributed by atoms with Crippen LogP contribution in [0.5, 0.6) is 0 Å². The molecule has 4 nitrogen and oxygen atoms in total. The molecule has 1 aromatic rings. The highest BCUT2D eigenvalue weighted by atomic mass is 15.3. The molecule has 1 aliphatic carbocycles. The van der Waals surface area contributed by atoms with Crippen molar-refractivity contribution < 1.29 is 0 Å². The zero-order valence-electron chi connectivity index (χ0n) is 13.9. The number of hydrogen-bond donors (Lipinski definition) is 1. The van der Waals surface area contributed by atoms with Crippen molar-refractivity contribution in [1.29, 1.82) is 0 Å². The van der Waals surface area contributed by atoms with E-state index in [9.17, 15) is 0 Å². The molecule has 0 amide bonds. The Balaban J connectivity index is 0.000000774. The molecule has 1 aromatic heterocycles. The normalized spacial score (nSPS) is 20.1. The zero-order chi connectivity index (χ0) is 14.9. The van der Waals surface area contributed by atoms with Crippen molar-refractivity contribution in [1.82, 2.24) is 14.7 Å². The minimum atomic E-state index is 0.642. The van der Waals surface area contributed by atoms with E-state index in [1.54, 1.807) is 0 Å². The summed E-state index contributed by atoms with van der Waals surface area (Å²) in [5.74, 6) is 1.05. The van der Waals surface area contributed by atoms with Crippen molar-refractivity contribution in [2.45, 2.75) is 64.8 Å². The van der Waals surface area contributed by atoms with Crippen molar-refractivity contribution >= 4 is 5.82 Å². The first-order valence-electron chi connectivity index (χ1n) is 8.93. The van der Waals surface area contributed by atoms with Gasteiger partial charge >= 0.3 is 0 Å². The molecule has 2 fully saturated rings. The monoisotopic (exact) mass is 292 g/mol. The SMILES string of the molecule is CC.c1cn(C2CCCCC2)nc1NCCN1CCCC1. The molecular formula is C17H32N4. The quantitative estimate of drug-likeness (QED) is 0.893. The summed E-state index contributed by atoms with van der Waals surface area (Å²) >= 11 is 0. The van der Waals surface area contributed by atoms with E-state index in [0.717, 1.165) is 18.9 Å². The van der Waals surface area contributed by atoms with Gasteiger partial charge in [-0.3, -0.25) is 4.68 Å². The smallest absolute Gasteiger partial charge is 0.148 e. The van der Waals surface area contributed by atoms with E-state index < -0.39 is 0 Å². The highest BCUT2D eigenvalue weighted by Crippen LogP contribution is 2.27. The molecule has 1 saturated heterocycles. The lowest BCUT2D eigenvalue weighted by atomic mass is 9.96. The third kappa shape index (κ3) is 5.03. The third-order valence-corrected chi connectivity index (χ3v) is 4.49. The molecule has 0 bridgehead atoms. The molecule has 4 heteroatoms. The molecule has 2 heterocycles. The van der Waals surface area contributed by atoms with Crippen LogP contribution in [0.1, 0.15) is 64.8 Å². The minimum absolute atomic E-state index is 0.642. The first-order valence-corrected chi connectivity index (χ1v) is 8.93. The third-order valence-electron chi connectivity index (χ3n) is 4.49. The van der Waals surface area contributed by atoms with Crippen LogP contribution < -0.4 is 5.32 Å². The maximum Gasteiger partial charge on any atom is 0.148 e. The molecule has 120 valence electrons. The van der Waals surface area contributed by atoms with Gasteiger partial charge in [0.2, 0.25) is 0 Å². The summed E-state index contributed by atoms with van der Waals surface area (Å²) in [6.07, 6.45) is 11.6. The van der Waals surface area contributed by atoms with E-state index in [2.05, 4.69) is 32.3 Å². The molecule has 0 spiro atoms. The molecule has 0 radical (unpaired) electrons. The lowest BCUT2D eigenvalue weighted by molar-refractivity contribution is 0.329. The summed E-state index contributed by atoms with van der Waals surface area (Å²) in [6, 6.07) is 2.77. The van der Waals surface area contributed by atoms with Gasteiger partial charge in [0.15, 0.2) is 0 Å². The summed E-state index contributed by atoms with van der Waals surface area (Å²) in [6.45, 7) is 8.72. The fourth-order valence-corrected chi connectivity index (χ4v) is 3.33. The number of nitrogens with zero attached hydrogens (tertiary/aromatic N) is 3. The van der Waals surface area contributed by atoms with Crippen molar-refractivity contribution in [2.75, 3.05) is 31.5 Å². The van der Waals surface area contributed by atoms with Crippen LogP contribution in [0.4, 0.5) is 5.82 Å². The number of likely N-dealkylation sites (tertiary alicyclic amines) is 1. The summed E-state index contributed by atoms with van der Waals surface area (Å²) < 4.78 is 2.18. The largest absolute Gasteiger partial charge is 0.367 e. The standard InChI is InChI=1S/C15H26N4.C2H6/c1-2-6-14(7-3-1)19-12-8-15(17-19)16-9-13-18-10-4-5-11-18;1-2/h8,12,14H,1-7,9-11,13H2,(H,16,17);1-2H3. The van der Waals surface area contributed by atoms with Crippen LogP contribution in [-0.2, 0) is 0 Å². The number of hydrogen-bond acceptors (Lipinski definition) is 3. The average molecular weight is 292 g/mol. The van der Waals surface area contributed by atoms with Crippen LogP contribution in [0, 0.1) is 0 Å². The number of anilines is 1. The second-order valence-corrected chi connectivity index (χ2v) is 5.95. The van der Waals surface area contributed by atoms with Gasteiger partial charge in [0, 0.05) is 25.4 Å². The Labute approximate surface area is 129 Å². The van der Waals surface area contributed by atoms with Crippen LogP contribution >= 0.6 is 0 Å². The Hall–Kier alpha value is -1.03. The zero-order valence-corrected chi connectivity index (χ0v) is 13.9. The van der Waals surface area contributed by atoms with Gasteiger partial charge in [0.1, 0.15) is 5.82 Å². The molecular weight excluding hydrogens is 260 g/mol. The Bertz CT molecular complexity index is 376. The Morgan fingerprint density at radius 1 is 1.10 bits per heavy atom. The van der Waals surface area contributed by atoms with Gasteiger partial charge < -0.3 is 10.2 Å². The second-order valence-electron chi connectivity index (χ2n) is 5.95. The fraction of sp³-hybridized carbons (Fsp3) is 0.824. The lowest BCUT2D eigenvalue weighted by Crippen LogP contribution is -2.26. The second kappa shape index (κ2) is 9.08. The summed E-state index contributed by atoms with van der Waals surface area (Å²) in [5.41, 5.74) is 0. The Morgan fingerprint density at radius 2 is 1.81 bits per heavy atom. The van der Waals surface area contributed by atoms with Crippen molar-refractivity contribution in [2.24, 2.45) is 0 Å². The average Bonchev–Trinajstić information content (AvgIpc) is 3.22. The van der Waals surface area contributed by atoms with Crippen LogP contribution in [0.15, 0.2) is 12.3 Å². The van der Waals surface area contributed by atoms with E-state index in [0.29, 0.717) is 6.04 Å². The predicted octanol–water partition coefficient (Wildman–Crippen LogP) is 3.92. The number of rotatable bonds is 5. The van der Waals surface area contributed by atoms with Crippen molar-refractivity contribution in [3.05, 3.63) is 12.3 Å². The lowest BCUT2D eigenvalue weighted by Gasteiger charge is -2.21. The Kier molecular flexibility index (Phi) is 7.07. The van der Waals surface area contributed by atoms with Crippen molar-refractivity contribution in [3.63, 3.8) is 0 Å². The Morgan fingerprint density at radius 3 is 2.52 bits per heavy atom. The van der Waals surface area contributed by atoms with Crippen LogP contribution in [0.3, 0.4) is 0 Å². The minimum Gasteiger partial charge on any atom is -0.367 e. The molecule has 1 N–H and O–H groups in total. The van der Waals surface area contributed by atoms with Gasteiger partial charge in [-0.1, -0.05) is 33.1 Å². The van der Waals surface area contributed by atoms with E-state index >= 15 is 0 Å². The molecule has 3 rings (SSSR count). The summed E-state index contributed by atoms with van der Waals surface area (Å²) in [4.78, 5) is 2.53. The van der Waals surface area contributed by atoms with Gasteiger partial charge in [0.05, 0.1) is 6.04 Å². The van der Waals surface area contributed by atoms with Gasteiger partial charge in [-0.15, -0.1) is 0 Å². The molecule has 1 saturated carbocycles. The number of nitrogens with one attached hydrogen (secondary N) is 1. The van der Waals surface area contributed by atoms with Crippen LogP contribution in [-0.4, -0.2) is 40.9 Å². The van der Waals surface area contributed by atoms with Gasteiger partial charge in [-0.2, -0.15) is 5.10 Å². The molecule has 0 aromatic carbocycles. The molecule has 21 heavy (non-hydrogen) atoms. The molecule has 0 atom stereocenters. The maximum atomic E-state index is 4.69. The summed E-state index contributed by atoms with van der Waals surface area (Å²) in [7, 11) is 0. The van der Waals surface area contributed by atoms with E-state index in [4.69, 9.17) is 0 Å².